The highest BCUT2D eigenvalue weighted by atomic mass is 16.2. The summed E-state index contributed by atoms with van der Waals surface area (Å²) in [6, 6.07) is -0.0500. The van der Waals surface area contributed by atoms with E-state index in [0.717, 1.165) is 19.6 Å². The highest BCUT2D eigenvalue weighted by Gasteiger charge is 2.16. The molecule has 0 bridgehead atoms. The Hall–Kier alpha value is -1.14. The molecule has 6 nitrogen and oxygen atoms in total. The van der Waals surface area contributed by atoms with E-state index in [9.17, 15) is 9.59 Å². The number of hydrogen-bond donors (Lipinski definition) is 3. The van der Waals surface area contributed by atoms with Gasteiger partial charge in [-0.2, -0.15) is 0 Å². The van der Waals surface area contributed by atoms with E-state index in [-0.39, 0.29) is 6.04 Å². The maximum atomic E-state index is 11.4. The van der Waals surface area contributed by atoms with Gasteiger partial charge >= 0.3 is 11.8 Å². The van der Waals surface area contributed by atoms with E-state index in [1.54, 1.807) is 0 Å². The Kier molecular flexibility index (Phi) is 8.35. The summed E-state index contributed by atoms with van der Waals surface area (Å²) in [7, 11) is 0. The van der Waals surface area contributed by atoms with E-state index in [1.807, 2.05) is 6.92 Å². The third kappa shape index (κ3) is 6.91. The van der Waals surface area contributed by atoms with Crippen molar-refractivity contribution in [3.05, 3.63) is 0 Å². The van der Waals surface area contributed by atoms with Gasteiger partial charge in [0.25, 0.3) is 0 Å². The van der Waals surface area contributed by atoms with Crippen LogP contribution in [-0.4, -0.2) is 55.5 Å². The van der Waals surface area contributed by atoms with E-state index in [1.165, 1.54) is 0 Å². The second-order valence-corrected chi connectivity index (χ2v) is 3.90. The molecule has 0 saturated heterocycles. The first kappa shape index (κ1) is 15.9. The number of rotatable bonds is 7. The van der Waals surface area contributed by atoms with E-state index >= 15 is 0 Å². The lowest BCUT2D eigenvalue weighted by atomic mass is 10.3. The second kappa shape index (κ2) is 8.95. The molecule has 0 rings (SSSR count). The van der Waals surface area contributed by atoms with Crippen LogP contribution in [0.4, 0.5) is 0 Å². The van der Waals surface area contributed by atoms with Crippen LogP contribution in [0.25, 0.3) is 0 Å². The van der Waals surface area contributed by atoms with Gasteiger partial charge in [0.2, 0.25) is 0 Å². The summed E-state index contributed by atoms with van der Waals surface area (Å²) >= 11 is 0. The van der Waals surface area contributed by atoms with Crippen molar-refractivity contribution in [3.63, 3.8) is 0 Å². The fraction of sp³-hybridized carbons (Fsp3) is 0.818. The standard InChI is InChI=1S/C11H24N4O2/c1-4-15(5-2)8-9(3)14-11(17)10(16)13-7-6-12/h9H,4-8,12H2,1-3H3,(H,13,16)(H,14,17). The Morgan fingerprint density at radius 1 is 1.24 bits per heavy atom. The fourth-order valence-electron chi connectivity index (χ4n) is 1.47. The summed E-state index contributed by atoms with van der Waals surface area (Å²) in [5, 5.41) is 5.08. The number of carbonyl (C=O) groups excluding carboxylic acids is 2. The Morgan fingerprint density at radius 3 is 2.29 bits per heavy atom. The van der Waals surface area contributed by atoms with Gasteiger partial charge in [-0.1, -0.05) is 13.8 Å². The Balaban J connectivity index is 3.97. The summed E-state index contributed by atoms with van der Waals surface area (Å²) in [5.41, 5.74) is 5.23. The maximum absolute atomic E-state index is 11.4. The molecule has 0 saturated carbocycles. The van der Waals surface area contributed by atoms with Crippen LogP contribution >= 0.6 is 0 Å². The number of likely N-dealkylation sites (N-methyl/N-ethyl adjacent to an activating group) is 1. The number of amides is 2. The quantitative estimate of drug-likeness (QED) is 0.497. The van der Waals surface area contributed by atoms with Crippen molar-refractivity contribution in [2.75, 3.05) is 32.7 Å². The molecule has 0 spiro atoms. The number of carbonyl (C=O) groups is 2. The largest absolute Gasteiger partial charge is 0.347 e. The van der Waals surface area contributed by atoms with Gasteiger partial charge in [-0.15, -0.1) is 0 Å². The minimum absolute atomic E-state index is 0.0500. The van der Waals surface area contributed by atoms with Crippen LogP contribution in [-0.2, 0) is 9.59 Å². The average molecular weight is 244 g/mol. The van der Waals surface area contributed by atoms with Crippen LogP contribution in [0.3, 0.4) is 0 Å². The van der Waals surface area contributed by atoms with Gasteiger partial charge in [0.05, 0.1) is 0 Å². The normalized spacial score (nSPS) is 12.3. The SMILES string of the molecule is CCN(CC)CC(C)NC(=O)C(=O)NCCN. The minimum Gasteiger partial charge on any atom is -0.347 e. The molecule has 6 heteroatoms. The number of nitrogens with zero attached hydrogens (tertiary/aromatic N) is 1. The molecular weight excluding hydrogens is 220 g/mol. The van der Waals surface area contributed by atoms with Gasteiger partial charge in [0.1, 0.15) is 0 Å². The molecular formula is C11H24N4O2. The van der Waals surface area contributed by atoms with Crippen LogP contribution in [0.5, 0.6) is 0 Å². The third-order valence-electron chi connectivity index (χ3n) is 2.44. The minimum atomic E-state index is -0.623. The lowest BCUT2D eigenvalue weighted by Gasteiger charge is -2.23. The van der Waals surface area contributed by atoms with Gasteiger partial charge in [-0.25, -0.2) is 0 Å². The monoisotopic (exact) mass is 244 g/mol. The van der Waals surface area contributed by atoms with Crippen molar-refractivity contribution in [2.45, 2.75) is 26.8 Å². The zero-order valence-corrected chi connectivity index (χ0v) is 11.0. The topological polar surface area (TPSA) is 87.5 Å². The number of nitrogens with two attached hydrogens (primary N) is 1. The van der Waals surface area contributed by atoms with E-state index in [4.69, 9.17) is 5.73 Å². The molecule has 4 N–H and O–H groups in total. The van der Waals surface area contributed by atoms with Crippen molar-refractivity contribution >= 4 is 11.8 Å². The molecule has 0 aromatic carbocycles. The van der Waals surface area contributed by atoms with Crippen LogP contribution in [0.15, 0.2) is 0 Å². The summed E-state index contributed by atoms with van der Waals surface area (Å²) < 4.78 is 0. The van der Waals surface area contributed by atoms with Crippen molar-refractivity contribution in [3.8, 4) is 0 Å². The summed E-state index contributed by atoms with van der Waals surface area (Å²) in [5.74, 6) is -1.22. The maximum Gasteiger partial charge on any atom is 0.309 e. The molecule has 2 amide bonds. The summed E-state index contributed by atoms with van der Waals surface area (Å²) in [4.78, 5) is 24.9. The number of hydrogen-bond acceptors (Lipinski definition) is 4. The predicted octanol–water partition coefficient (Wildman–Crippen LogP) is -1.09. The van der Waals surface area contributed by atoms with Crippen LogP contribution < -0.4 is 16.4 Å². The van der Waals surface area contributed by atoms with Gasteiger partial charge < -0.3 is 21.3 Å². The second-order valence-electron chi connectivity index (χ2n) is 3.90. The van der Waals surface area contributed by atoms with Crippen LogP contribution in [0.2, 0.25) is 0 Å². The predicted molar refractivity (Wildman–Crippen MR) is 67.5 cm³/mol. The molecule has 1 atom stereocenters. The van der Waals surface area contributed by atoms with Crippen molar-refractivity contribution in [2.24, 2.45) is 5.73 Å². The van der Waals surface area contributed by atoms with E-state index in [0.29, 0.717) is 13.1 Å². The lowest BCUT2D eigenvalue weighted by Crippen LogP contribution is -2.48. The molecule has 1 unspecified atom stereocenters. The van der Waals surface area contributed by atoms with Gasteiger partial charge in [-0.3, -0.25) is 9.59 Å². The van der Waals surface area contributed by atoms with Crippen molar-refractivity contribution in [1.82, 2.24) is 15.5 Å². The molecule has 17 heavy (non-hydrogen) atoms. The smallest absolute Gasteiger partial charge is 0.309 e. The molecule has 0 aliphatic rings. The summed E-state index contributed by atoms with van der Waals surface area (Å²) in [6.07, 6.45) is 0. The molecule has 0 aromatic rings. The highest BCUT2D eigenvalue weighted by molar-refractivity contribution is 6.35. The van der Waals surface area contributed by atoms with Crippen LogP contribution in [0.1, 0.15) is 20.8 Å². The first-order valence-electron chi connectivity index (χ1n) is 6.06. The van der Waals surface area contributed by atoms with Gasteiger partial charge in [0.15, 0.2) is 0 Å². The zero-order valence-electron chi connectivity index (χ0n) is 11.0. The molecule has 0 aliphatic carbocycles. The first-order valence-corrected chi connectivity index (χ1v) is 6.06. The summed E-state index contributed by atoms with van der Waals surface area (Å²) in [6.45, 7) is 9.24. The lowest BCUT2D eigenvalue weighted by molar-refractivity contribution is -0.139. The van der Waals surface area contributed by atoms with Crippen LogP contribution in [0, 0.1) is 0 Å². The van der Waals surface area contributed by atoms with Crippen molar-refractivity contribution < 1.29 is 9.59 Å². The van der Waals surface area contributed by atoms with Crippen molar-refractivity contribution in [1.29, 1.82) is 0 Å². The molecule has 0 aromatic heterocycles. The highest BCUT2D eigenvalue weighted by Crippen LogP contribution is 1.91. The Morgan fingerprint density at radius 2 is 1.82 bits per heavy atom. The number of nitrogens with one attached hydrogen (secondary N) is 2. The molecule has 0 radical (unpaired) electrons. The third-order valence-corrected chi connectivity index (χ3v) is 2.44. The Labute approximate surface area is 103 Å². The zero-order chi connectivity index (χ0) is 13.3. The van der Waals surface area contributed by atoms with E-state index in [2.05, 4.69) is 29.4 Å². The first-order chi connectivity index (χ1) is 8.04. The fourth-order valence-corrected chi connectivity index (χ4v) is 1.47. The molecule has 0 aliphatic heterocycles. The average Bonchev–Trinajstić information content (AvgIpc) is 2.32. The molecule has 100 valence electrons. The molecule has 0 heterocycles. The Bertz CT molecular complexity index is 242. The van der Waals surface area contributed by atoms with Gasteiger partial charge in [-0.05, 0) is 20.0 Å². The molecule has 0 fully saturated rings. The van der Waals surface area contributed by atoms with E-state index < -0.39 is 11.8 Å². The van der Waals surface area contributed by atoms with Gasteiger partial charge in [0, 0.05) is 25.7 Å².